The third kappa shape index (κ3) is 2.90. The Hall–Kier alpha value is 0.310. The van der Waals surface area contributed by atoms with Gasteiger partial charge >= 0.3 is 11.9 Å². The minimum absolute atomic E-state index is 0.0723. The van der Waals surface area contributed by atoms with Crippen LogP contribution in [0.25, 0.3) is 0 Å². The summed E-state index contributed by atoms with van der Waals surface area (Å²) in [4.78, 5) is 33.6. The lowest BCUT2D eigenvalue weighted by molar-refractivity contribution is 0.0694. The zero-order valence-electron chi connectivity index (χ0n) is 8.13. The Morgan fingerprint density at radius 3 is 1.28 bits per heavy atom. The summed E-state index contributed by atoms with van der Waals surface area (Å²) in [5.41, 5.74) is -0.538. The third-order valence-electron chi connectivity index (χ3n) is 1.94. The molecule has 1 rings (SSSR count). The van der Waals surface area contributed by atoms with Crippen LogP contribution in [0, 0.1) is 10.7 Å². The number of benzene rings is 1. The molecule has 0 bridgehead atoms. The van der Waals surface area contributed by atoms with E-state index in [1.165, 1.54) is 0 Å². The average Bonchev–Trinajstić information content (AvgIpc) is 2.14. The summed E-state index contributed by atoms with van der Waals surface area (Å²) in [6.45, 7) is 0. The first-order chi connectivity index (χ1) is 8.20. The topological polar surface area (TPSA) is 91.7 Å². The standard InChI is InChI=1S/C9H2ClI3O5/c10-7(14)1-4(11)2(8(15)16)6(13)3(5(1)12)9(17)18/h(H,15,16)(H,17,18). The van der Waals surface area contributed by atoms with Gasteiger partial charge in [0.1, 0.15) is 0 Å². The van der Waals surface area contributed by atoms with Gasteiger partial charge < -0.3 is 10.2 Å². The lowest BCUT2D eigenvalue weighted by atomic mass is 10.1. The van der Waals surface area contributed by atoms with Crippen molar-refractivity contribution in [2.24, 2.45) is 0 Å². The molecule has 0 fully saturated rings. The van der Waals surface area contributed by atoms with Gasteiger partial charge in [-0.15, -0.1) is 0 Å². The summed E-state index contributed by atoms with van der Waals surface area (Å²) in [6.07, 6.45) is 0. The second-order valence-corrected chi connectivity index (χ2v) is 6.53. The van der Waals surface area contributed by atoms with Crippen molar-refractivity contribution in [3.63, 3.8) is 0 Å². The highest BCUT2D eigenvalue weighted by molar-refractivity contribution is 14.1. The van der Waals surface area contributed by atoms with E-state index in [4.69, 9.17) is 21.8 Å². The first kappa shape index (κ1) is 16.4. The molecule has 1 aromatic carbocycles. The van der Waals surface area contributed by atoms with Crippen LogP contribution in [0.4, 0.5) is 0 Å². The van der Waals surface area contributed by atoms with Gasteiger partial charge in [-0.3, -0.25) is 4.79 Å². The number of hydrogen-bond acceptors (Lipinski definition) is 3. The molecule has 0 aliphatic heterocycles. The fourth-order valence-corrected chi connectivity index (χ4v) is 6.30. The van der Waals surface area contributed by atoms with Crippen LogP contribution in [0.5, 0.6) is 0 Å². The molecular formula is C9H2ClI3O5. The molecule has 18 heavy (non-hydrogen) atoms. The number of carbonyl (C=O) groups excluding carboxylic acids is 1. The highest BCUT2D eigenvalue weighted by Gasteiger charge is 2.29. The van der Waals surface area contributed by atoms with Crippen molar-refractivity contribution in [2.45, 2.75) is 0 Å². The lowest BCUT2D eigenvalue weighted by Crippen LogP contribution is -2.16. The summed E-state index contributed by atoms with van der Waals surface area (Å²) in [5.74, 6) is -2.61. The normalized spacial score (nSPS) is 10.2. The Balaban J connectivity index is 3.94. The zero-order chi connectivity index (χ0) is 14.2. The monoisotopic (exact) mass is 606 g/mol. The summed E-state index contributed by atoms with van der Waals surface area (Å²) in [6, 6.07) is 0. The van der Waals surface area contributed by atoms with Crippen molar-refractivity contribution in [3.8, 4) is 0 Å². The molecule has 1 aromatic rings. The largest absolute Gasteiger partial charge is 0.478 e. The molecule has 0 saturated heterocycles. The number of carbonyl (C=O) groups is 3. The lowest BCUT2D eigenvalue weighted by Gasteiger charge is -2.12. The maximum atomic E-state index is 11.3. The van der Waals surface area contributed by atoms with E-state index >= 15 is 0 Å². The molecule has 96 valence electrons. The van der Waals surface area contributed by atoms with Crippen molar-refractivity contribution >= 4 is 96.6 Å². The van der Waals surface area contributed by atoms with Crippen LogP contribution in [0.15, 0.2) is 0 Å². The van der Waals surface area contributed by atoms with Gasteiger partial charge in [0.25, 0.3) is 5.24 Å². The Kier molecular flexibility index (Phi) is 5.61. The molecule has 0 aromatic heterocycles. The maximum Gasteiger partial charge on any atom is 0.337 e. The van der Waals surface area contributed by atoms with Crippen LogP contribution in [0.2, 0.25) is 0 Å². The molecule has 0 unspecified atom stereocenters. The molecule has 0 atom stereocenters. The quantitative estimate of drug-likeness (QED) is 0.408. The van der Waals surface area contributed by atoms with Gasteiger partial charge in [-0.05, 0) is 79.4 Å². The minimum atomic E-state index is -1.30. The van der Waals surface area contributed by atoms with Crippen LogP contribution in [0.3, 0.4) is 0 Å². The van der Waals surface area contributed by atoms with E-state index in [-0.39, 0.29) is 27.4 Å². The van der Waals surface area contributed by atoms with Crippen molar-refractivity contribution in [2.75, 3.05) is 0 Å². The SMILES string of the molecule is O=C(O)c1c(I)c(C(=O)O)c(I)c(C(=O)Cl)c1I. The number of halogens is 4. The van der Waals surface area contributed by atoms with Gasteiger partial charge in [-0.1, -0.05) is 0 Å². The Morgan fingerprint density at radius 1 is 0.778 bits per heavy atom. The summed E-state index contributed by atoms with van der Waals surface area (Å²) < 4.78 is 0.348. The van der Waals surface area contributed by atoms with Crippen molar-refractivity contribution in [3.05, 3.63) is 27.4 Å². The number of carboxylic acid groups (broad SMARTS) is 2. The summed E-state index contributed by atoms with van der Waals surface area (Å²) in [7, 11) is 0. The molecular weight excluding hydrogens is 604 g/mol. The Morgan fingerprint density at radius 2 is 1.06 bits per heavy atom. The van der Waals surface area contributed by atoms with Crippen molar-refractivity contribution < 1.29 is 24.6 Å². The fraction of sp³-hybridized carbons (Fsp3) is 0. The second-order valence-electron chi connectivity index (χ2n) is 2.95. The van der Waals surface area contributed by atoms with Gasteiger partial charge in [0.05, 0.1) is 16.7 Å². The second kappa shape index (κ2) is 6.17. The summed E-state index contributed by atoms with van der Waals surface area (Å²) >= 11 is 10.4. The average molecular weight is 606 g/mol. The first-order valence-electron chi connectivity index (χ1n) is 4.07. The van der Waals surface area contributed by atoms with Gasteiger partial charge in [-0.2, -0.15) is 0 Å². The zero-order valence-corrected chi connectivity index (χ0v) is 15.4. The fourth-order valence-electron chi connectivity index (χ4n) is 1.21. The van der Waals surface area contributed by atoms with E-state index in [1.807, 2.05) is 0 Å². The van der Waals surface area contributed by atoms with E-state index in [0.29, 0.717) is 0 Å². The number of hydrogen-bond donors (Lipinski definition) is 2. The van der Waals surface area contributed by atoms with Gasteiger partial charge in [-0.25, -0.2) is 9.59 Å². The summed E-state index contributed by atoms with van der Waals surface area (Å²) in [5, 5.41) is 17.3. The first-order valence-corrected chi connectivity index (χ1v) is 7.68. The molecule has 0 aliphatic carbocycles. The molecule has 0 spiro atoms. The van der Waals surface area contributed by atoms with Gasteiger partial charge in [0.15, 0.2) is 0 Å². The molecule has 2 N–H and O–H groups in total. The van der Waals surface area contributed by atoms with Crippen LogP contribution >= 0.6 is 79.4 Å². The highest BCUT2D eigenvalue weighted by atomic mass is 127. The van der Waals surface area contributed by atoms with E-state index in [0.717, 1.165) is 0 Å². The number of aromatic carboxylic acids is 2. The minimum Gasteiger partial charge on any atom is -0.478 e. The van der Waals surface area contributed by atoms with Crippen LogP contribution in [-0.4, -0.2) is 27.4 Å². The molecule has 0 heterocycles. The molecule has 9 heteroatoms. The predicted octanol–water partition coefficient (Wildman–Crippen LogP) is 3.28. The molecule has 0 radical (unpaired) electrons. The van der Waals surface area contributed by atoms with Gasteiger partial charge in [0, 0.05) is 10.7 Å². The Bertz CT molecular complexity index is 482. The molecule has 5 nitrogen and oxygen atoms in total. The third-order valence-corrected chi connectivity index (χ3v) is 5.37. The molecule has 0 amide bonds. The van der Waals surface area contributed by atoms with E-state index in [2.05, 4.69) is 0 Å². The molecule has 0 aliphatic rings. The highest BCUT2D eigenvalue weighted by Crippen LogP contribution is 2.33. The van der Waals surface area contributed by atoms with Gasteiger partial charge in [0.2, 0.25) is 0 Å². The van der Waals surface area contributed by atoms with E-state index < -0.39 is 17.2 Å². The predicted molar refractivity (Wildman–Crippen MR) is 88.7 cm³/mol. The van der Waals surface area contributed by atoms with E-state index in [9.17, 15) is 14.4 Å². The van der Waals surface area contributed by atoms with Crippen LogP contribution < -0.4 is 0 Å². The van der Waals surface area contributed by atoms with Crippen LogP contribution in [-0.2, 0) is 0 Å². The van der Waals surface area contributed by atoms with Crippen molar-refractivity contribution in [1.82, 2.24) is 0 Å². The number of rotatable bonds is 3. The maximum absolute atomic E-state index is 11.3. The van der Waals surface area contributed by atoms with Crippen molar-refractivity contribution in [1.29, 1.82) is 0 Å². The molecule has 0 saturated carbocycles. The smallest absolute Gasteiger partial charge is 0.337 e. The van der Waals surface area contributed by atoms with E-state index in [1.54, 1.807) is 67.8 Å². The number of carboxylic acids is 2. The van der Waals surface area contributed by atoms with Crippen LogP contribution in [0.1, 0.15) is 31.1 Å². The Labute approximate surface area is 147 Å².